The summed E-state index contributed by atoms with van der Waals surface area (Å²) in [6.07, 6.45) is 0. The number of carbonyl (C=O) groups is 1. The maximum Gasteiger partial charge on any atom is 0.258 e. The molecule has 3 N–H and O–H groups in total. The number of hydrogen-bond donors (Lipinski definition) is 3. The van der Waals surface area contributed by atoms with Crippen LogP contribution >= 0.6 is 12.2 Å². The number of nitriles is 1. The molecule has 0 aliphatic heterocycles. The minimum atomic E-state index is -1.61. The van der Waals surface area contributed by atoms with Gasteiger partial charge in [-0.2, -0.15) is 5.26 Å². The quantitative estimate of drug-likeness (QED) is 0.244. The molecule has 0 aliphatic carbocycles. The minimum Gasteiger partial charge on any atom is -0.356 e. The molecule has 0 aromatic heterocycles. The van der Waals surface area contributed by atoms with Crippen LogP contribution in [0, 0.1) is 41.5 Å². The predicted molar refractivity (Wildman–Crippen MR) is 124 cm³/mol. The van der Waals surface area contributed by atoms with E-state index in [-0.39, 0.29) is 5.11 Å². The smallest absolute Gasteiger partial charge is 0.258 e. The van der Waals surface area contributed by atoms with Crippen LogP contribution in [0.25, 0.3) is 0 Å². The van der Waals surface area contributed by atoms with Gasteiger partial charge >= 0.3 is 0 Å². The molecule has 0 bridgehead atoms. The molecule has 0 spiro atoms. The van der Waals surface area contributed by atoms with Crippen molar-refractivity contribution in [3.05, 3.63) is 94.1 Å². The lowest BCUT2D eigenvalue weighted by Crippen LogP contribution is -2.32. The van der Waals surface area contributed by atoms with E-state index in [0.717, 1.165) is 24.6 Å². The Labute approximate surface area is 198 Å². The van der Waals surface area contributed by atoms with E-state index in [2.05, 4.69) is 10.6 Å². The van der Waals surface area contributed by atoms with Crippen LogP contribution in [-0.2, 0) is 0 Å². The molecule has 0 aliphatic rings. The summed E-state index contributed by atoms with van der Waals surface area (Å²) in [5, 5.41) is 15.8. The predicted octanol–water partition coefficient (Wildman–Crippen LogP) is 5.72. The first-order valence-electron chi connectivity index (χ1n) is 9.94. The Bertz CT molecular complexity index is 1280. The van der Waals surface area contributed by atoms with Gasteiger partial charge in [-0.15, -0.1) is 0 Å². The fraction of sp³-hybridized carbons (Fsp3) is 0.125. The topological polar surface area (TPSA) is 76.9 Å². The third-order valence-corrected chi connectivity index (χ3v) is 5.26. The summed E-state index contributed by atoms with van der Waals surface area (Å²) in [7, 11) is 0. The molecular weight excluding hydrogens is 468 g/mol. The van der Waals surface area contributed by atoms with Crippen molar-refractivity contribution in [2.75, 3.05) is 10.6 Å². The summed E-state index contributed by atoms with van der Waals surface area (Å²) in [4.78, 5) is 12.3. The largest absolute Gasteiger partial charge is 0.356 e. The highest BCUT2D eigenvalue weighted by atomic mass is 32.1. The Kier molecular flexibility index (Phi) is 7.48. The normalized spacial score (nSPS) is 11.3. The molecule has 3 rings (SSSR count). The molecule has 34 heavy (non-hydrogen) atoms. The highest BCUT2D eigenvalue weighted by Gasteiger charge is 2.26. The lowest BCUT2D eigenvalue weighted by Gasteiger charge is -2.20. The number of nitrogens with one attached hydrogen (secondary N) is 3. The first kappa shape index (κ1) is 24.7. The fourth-order valence-electron chi connectivity index (χ4n) is 3.14. The summed E-state index contributed by atoms with van der Waals surface area (Å²) < 4.78 is 58.2. The van der Waals surface area contributed by atoms with Crippen molar-refractivity contribution in [3.63, 3.8) is 0 Å². The molecule has 0 saturated carbocycles. The number of halogens is 4. The highest BCUT2D eigenvalue weighted by Crippen LogP contribution is 2.32. The van der Waals surface area contributed by atoms with Gasteiger partial charge in [0.25, 0.3) is 5.91 Å². The molecule has 1 atom stereocenters. The van der Waals surface area contributed by atoms with Crippen LogP contribution in [0.3, 0.4) is 0 Å². The highest BCUT2D eigenvalue weighted by molar-refractivity contribution is 7.80. The zero-order valence-electron chi connectivity index (χ0n) is 18.0. The first-order chi connectivity index (χ1) is 16.1. The molecular formula is C24H18F4N4OS. The molecule has 1 unspecified atom stereocenters. The van der Waals surface area contributed by atoms with Gasteiger partial charge in [0.05, 0.1) is 28.9 Å². The summed E-state index contributed by atoms with van der Waals surface area (Å²) in [5.41, 5.74) is -1.20. The number of benzene rings is 3. The first-order valence-corrected chi connectivity index (χ1v) is 10.3. The second-order valence-electron chi connectivity index (χ2n) is 7.30. The Balaban J connectivity index is 1.80. The number of amides is 1. The maximum atomic E-state index is 14.9. The second-order valence-corrected chi connectivity index (χ2v) is 7.71. The van der Waals surface area contributed by atoms with Crippen molar-refractivity contribution in [3.8, 4) is 6.07 Å². The minimum absolute atomic E-state index is 0.184. The average Bonchev–Trinajstić information content (AvgIpc) is 2.83. The summed E-state index contributed by atoms with van der Waals surface area (Å²) in [6.45, 7) is 2.87. The molecule has 0 heterocycles. The molecule has 3 aromatic rings. The van der Waals surface area contributed by atoms with Gasteiger partial charge in [-0.05, 0) is 55.9 Å². The summed E-state index contributed by atoms with van der Waals surface area (Å²) in [5.74, 6) is -6.26. The van der Waals surface area contributed by atoms with Crippen molar-refractivity contribution >= 4 is 34.6 Å². The van der Waals surface area contributed by atoms with Crippen molar-refractivity contribution in [2.45, 2.75) is 19.9 Å². The summed E-state index contributed by atoms with van der Waals surface area (Å²) in [6, 6.07) is 13.1. The van der Waals surface area contributed by atoms with Crippen molar-refractivity contribution in [1.29, 1.82) is 5.26 Å². The van der Waals surface area contributed by atoms with E-state index in [9.17, 15) is 22.4 Å². The number of carbonyl (C=O) groups excluding carboxylic acids is 1. The Morgan fingerprint density at radius 2 is 1.56 bits per heavy atom. The van der Waals surface area contributed by atoms with Gasteiger partial charge in [-0.3, -0.25) is 4.79 Å². The SMILES string of the molecule is Cc1c(F)c(NC(=S)NC(C)c2ccc(C#N)cc2)c(F)c(F)c1NC(=O)c1ccccc1F. The van der Waals surface area contributed by atoms with Crippen molar-refractivity contribution in [2.24, 2.45) is 0 Å². The fourth-order valence-corrected chi connectivity index (χ4v) is 3.42. The van der Waals surface area contributed by atoms with E-state index in [1.54, 1.807) is 31.2 Å². The van der Waals surface area contributed by atoms with Crippen LogP contribution < -0.4 is 16.0 Å². The van der Waals surface area contributed by atoms with Gasteiger partial charge in [0, 0.05) is 5.56 Å². The second kappa shape index (κ2) is 10.3. The number of thiocarbonyl (C=S) groups is 1. The van der Waals surface area contributed by atoms with Gasteiger partial charge < -0.3 is 16.0 Å². The van der Waals surface area contributed by atoms with Crippen LogP contribution in [0.15, 0.2) is 48.5 Å². The third-order valence-electron chi connectivity index (χ3n) is 5.04. The van der Waals surface area contributed by atoms with Crippen molar-refractivity contribution in [1.82, 2.24) is 5.32 Å². The molecule has 174 valence electrons. The van der Waals surface area contributed by atoms with Crippen LogP contribution in [-0.4, -0.2) is 11.0 Å². The van der Waals surface area contributed by atoms with Crippen LogP contribution in [0.2, 0.25) is 0 Å². The maximum absolute atomic E-state index is 14.9. The van der Waals surface area contributed by atoms with Gasteiger partial charge in [0.2, 0.25) is 0 Å². The average molecular weight is 486 g/mol. The zero-order valence-corrected chi connectivity index (χ0v) is 18.8. The number of nitrogens with zero attached hydrogens (tertiary/aromatic N) is 1. The van der Waals surface area contributed by atoms with E-state index >= 15 is 0 Å². The summed E-state index contributed by atoms with van der Waals surface area (Å²) >= 11 is 5.11. The van der Waals surface area contributed by atoms with E-state index in [1.165, 1.54) is 12.1 Å². The lowest BCUT2D eigenvalue weighted by atomic mass is 10.1. The number of anilines is 2. The van der Waals surface area contributed by atoms with E-state index in [1.807, 2.05) is 11.4 Å². The van der Waals surface area contributed by atoms with E-state index in [4.69, 9.17) is 17.5 Å². The molecule has 1 amide bonds. The zero-order chi connectivity index (χ0) is 25.0. The lowest BCUT2D eigenvalue weighted by molar-refractivity contribution is 0.102. The van der Waals surface area contributed by atoms with Gasteiger partial charge in [-0.1, -0.05) is 24.3 Å². The molecule has 0 fully saturated rings. The number of hydrogen-bond acceptors (Lipinski definition) is 3. The Morgan fingerprint density at radius 3 is 2.18 bits per heavy atom. The van der Waals surface area contributed by atoms with E-state index in [0.29, 0.717) is 5.56 Å². The Morgan fingerprint density at radius 1 is 0.941 bits per heavy atom. The molecule has 0 radical (unpaired) electrons. The van der Waals surface area contributed by atoms with Gasteiger partial charge in [0.15, 0.2) is 22.6 Å². The van der Waals surface area contributed by atoms with Crippen molar-refractivity contribution < 1.29 is 22.4 Å². The molecule has 0 saturated heterocycles. The van der Waals surface area contributed by atoms with E-state index < -0.39 is 57.7 Å². The van der Waals surface area contributed by atoms with Gasteiger partial charge in [-0.25, -0.2) is 17.6 Å². The number of rotatable bonds is 5. The molecule has 3 aromatic carbocycles. The monoisotopic (exact) mass is 486 g/mol. The van der Waals surface area contributed by atoms with Crippen LogP contribution in [0.5, 0.6) is 0 Å². The van der Waals surface area contributed by atoms with Crippen LogP contribution in [0.1, 0.15) is 40.0 Å². The molecule has 5 nitrogen and oxygen atoms in total. The Hall–Kier alpha value is -3.97. The van der Waals surface area contributed by atoms with Gasteiger partial charge in [0.1, 0.15) is 11.5 Å². The third kappa shape index (κ3) is 5.15. The standard InChI is InChI=1S/C24H18F4N4OS/c1-12-18(26)22(32-24(34)30-13(2)15-9-7-14(11-29)8-10-15)20(28)19(27)21(12)31-23(33)16-5-3-4-6-17(16)25/h3-10,13H,1-2H3,(H,31,33)(H2,30,32,34). The molecule has 10 heteroatoms. The van der Waals surface area contributed by atoms with Crippen LogP contribution in [0.4, 0.5) is 28.9 Å².